The lowest BCUT2D eigenvalue weighted by Crippen LogP contribution is -2.36. The number of anilines is 1. The van der Waals surface area contributed by atoms with Crippen molar-refractivity contribution in [3.05, 3.63) is 59.9 Å². The molecule has 0 bridgehead atoms. The zero-order valence-electron chi connectivity index (χ0n) is 17.5. The highest BCUT2D eigenvalue weighted by Crippen LogP contribution is 2.28. The van der Waals surface area contributed by atoms with Crippen LogP contribution >= 0.6 is 23.1 Å². The molecule has 3 rings (SSSR count). The number of H-pyrrole nitrogens is 1. The van der Waals surface area contributed by atoms with Crippen LogP contribution in [0.25, 0.3) is 10.2 Å². The molecular formula is C20H23N5O4S2. The third-order valence-electron chi connectivity index (χ3n) is 4.86. The molecule has 164 valence electrons. The normalized spacial score (nSPS) is 11.2. The van der Waals surface area contributed by atoms with E-state index in [1.807, 2.05) is 20.8 Å². The third-order valence-corrected chi connectivity index (χ3v) is 6.94. The Bertz CT molecular complexity index is 1360. The molecule has 0 radical (unpaired) electrons. The van der Waals surface area contributed by atoms with E-state index in [1.54, 1.807) is 6.08 Å². The maximum Gasteiger partial charge on any atom is 0.329 e. The number of carbonyl (C=O) groups is 1. The van der Waals surface area contributed by atoms with Gasteiger partial charge in [-0.1, -0.05) is 24.8 Å². The van der Waals surface area contributed by atoms with Crippen molar-refractivity contribution in [2.45, 2.75) is 45.4 Å². The molecule has 0 spiro atoms. The maximum atomic E-state index is 13.0. The summed E-state index contributed by atoms with van der Waals surface area (Å²) in [6, 6.07) is 0. The summed E-state index contributed by atoms with van der Waals surface area (Å²) in [5.41, 5.74) is 4.92. The number of rotatable bonds is 8. The molecule has 3 heterocycles. The van der Waals surface area contributed by atoms with Crippen molar-refractivity contribution in [2.24, 2.45) is 0 Å². The fourth-order valence-electron chi connectivity index (χ4n) is 3.21. The molecule has 3 aromatic heterocycles. The van der Waals surface area contributed by atoms with Crippen molar-refractivity contribution in [3.63, 3.8) is 0 Å². The largest absolute Gasteiger partial charge is 0.384 e. The van der Waals surface area contributed by atoms with Crippen molar-refractivity contribution >= 4 is 44.9 Å². The average Bonchev–Trinajstić information content (AvgIpc) is 2.99. The zero-order chi connectivity index (χ0) is 22.9. The highest BCUT2D eigenvalue weighted by Gasteiger charge is 2.21. The van der Waals surface area contributed by atoms with E-state index < -0.39 is 17.0 Å². The summed E-state index contributed by atoms with van der Waals surface area (Å²) in [6.07, 6.45) is 2.19. The predicted octanol–water partition coefficient (Wildman–Crippen LogP) is 2.08. The van der Waals surface area contributed by atoms with Crippen LogP contribution in [0.4, 0.5) is 5.82 Å². The molecule has 31 heavy (non-hydrogen) atoms. The average molecular weight is 462 g/mol. The maximum absolute atomic E-state index is 13.0. The lowest BCUT2D eigenvalue weighted by molar-refractivity contribution is 0.102. The number of nitrogens with zero attached hydrogens (tertiary/aromatic N) is 3. The Morgan fingerprint density at radius 2 is 2.00 bits per heavy atom. The first-order valence-corrected chi connectivity index (χ1v) is 11.4. The van der Waals surface area contributed by atoms with Crippen LogP contribution < -0.4 is 22.5 Å². The molecule has 0 amide bonds. The first kappa shape index (κ1) is 22.8. The van der Waals surface area contributed by atoms with E-state index in [1.165, 1.54) is 20.5 Å². The number of nitrogens with one attached hydrogen (secondary N) is 1. The second-order valence-electron chi connectivity index (χ2n) is 6.95. The van der Waals surface area contributed by atoms with Crippen LogP contribution in [-0.2, 0) is 13.1 Å². The van der Waals surface area contributed by atoms with Crippen LogP contribution in [0.1, 0.15) is 34.1 Å². The Kier molecular flexibility index (Phi) is 6.65. The highest BCUT2D eigenvalue weighted by atomic mass is 32.2. The minimum atomic E-state index is -0.822. The Hall–Kier alpha value is -2.92. The molecule has 3 aromatic rings. The van der Waals surface area contributed by atoms with Crippen LogP contribution in [0, 0.1) is 13.8 Å². The standard InChI is InChI=1S/C20H23N5O4S2/c1-5-7-24-15(21)14(16(27)22-19(24)29)12(26)9-30-20-23-17-13(10(3)11(4)31-17)18(28)25(20)8-6-2/h6H,2,5,7-9,21H2,1,3-4H3,(H,22,27,29). The number of thioether (sulfide) groups is 1. The Labute approximate surface area is 185 Å². The fraction of sp³-hybridized carbons (Fsp3) is 0.350. The van der Waals surface area contributed by atoms with Crippen LogP contribution in [-0.4, -0.2) is 30.6 Å². The number of hydrogen-bond donors (Lipinski definition) is 2. The summed E-state index contributed by atoms with van der Waals surface area (Å²) in [5.74, 6) is -0.875. The smallest absolute Gasteiger partial charge is 0.329 e. The molecule has 0 aliphatic rings. The molecule has 0 fully saturated rings. The molecule has 0 aliphatic carbocycles. The van der Waals surface area contributed by atoms with Crippen LogP contribution in [0.2, 0.25) is 0 Å². The lowest BCUT2D eigenvalue weighted by Gasteiger charge is -2.12. The summed E-state index contributed by atoms with van der Waals surface area (Å²) < 4.78 is 2.63. The molecule has 0 saturated heterocycles. The third kappa shape index (κ3) is 4.15. The van der Waals surface area contributed by atoms with Crippen molar-refractivity contribution in [1.82, 2.24) is 19.1 Å². The number of nitrogens with two attached hydrogens (primary N) is 1. The molecule has 11 heteroatoms. The number of hydrogen-bond acceptors (Lipinski definition) is 8. The van der Waals surface area contributed by atoms with Gasteiger partial charge in [-0.2, -0.15) is 0 Å². The number of nitrogen functional groups attached to an aromatic ring is 1. The van der Waals surface area contributed by atoms with E-state index in [0.29, 0.717) is 21.8 Å². The van der Waals surface area contributed by atoms with E-state index in [-0.39, 0.29) is 35.8 Å². The highest BCUT2D eigenvalue weighted by molar-refractivity contribution is 7.99. The first-order chi connectivity index (χ1) is 14.7. The number of thiophene rings is 1. The molecule has 0 unspecified atom stereocenters. The predicted molar refractivity (Wildman–Crippen MR) is 125 cm³/mol. The van der Waals surface area contributed by atoms with Crippen molar-refractivity contribution in [1.29, 1.82) is 0 Å². The Morgan fingerprint density at radius 3 is 2.65 bits per heavy atom. The topological polar surface area (TPSA) is 133 Å². The number of aryl methyl sites for hydroxylation is 2. The van der Waals surface area contributed by atoms with Gasteiger partial charge in [0.2, 0.25) is 0 Å². The molecule has 0 aromatic carbocycles. The summed E-state index contributed by atoms with van der Waals surface area (Å²) >= 11 is 2.46. The van der Waals surface area contributed by atoms with E-state index in [2.05, 4.69) is 16.5 Å². The quantitative estimate of drug-likeness (QED) is 0.227. The van der Waals surface area contributed by atoms with Gasteiger partial charge in [0.05, 0.1) is 11.1 Å². The van der Waals surface area contributed by atoms with Crippen molar-refractivity contribution in [3.8, 4) is 0 Å². The van der Waals surface area contributed by atoms with Gasteiger partial charge in [0.1, 0.15) is 16.2 Å². The number of Topliss-reactive ketones (excluding diaryl/α,β-unsaturated/α-hetero) is 1. The van der Waals surface area contributed by atoms with Crippen molar-refractivity contribution in [2.75, 3.05) is 11.5 Å². The second kappa shape index (κ2) is 9.06. The second-order valence-corrected chi connectivity index (χ2v) is 9.09. The Balaban J connectivity index is 2.01. The number of carbonyl (C=O) groups excluding carboxylic acids is 1. The SMILES string of the molecule is C=CCn1c(SCC(=O)c2c(N)n(CCC)c(=O)[nH]c2=O)nc2sc(C)c(C)c2c1=O. The van der Waals surface area contributed by atoms with Gasteiger partial charge in [-0.25, -0.2) is 9.78 Å². The molecule has 0 saturated carbocycles. The van der Waals surface area contributed by atoms with Gasteiger partial charge in [0, 0.05) is 18.0 Å². The molecule has 0 atom stereocenters. The lowest BCUT2D eigenvalue weighted by atomic mass is 10.2. The van der Waals surface area contributed by atoms with Gasteiger partial charge in [-0.3, -0.25) is 28.5 Å². The van der Waals surface area contributed by atoms with Gasteiger partial charge in [0.25, 0.3) is 11.1 Å². The number of allylic oxidation sites excluding steroid dienone is 1. The Morgan fingerprint density at radius 1 is 1.29 bits per heavy atom. The minimum absolute atomic E-state index is 0.155. The molecule has 0 aliphatic heterocycles. The summed E-state index contributed by atoms with van der Waals surface area (Å²) in [5, 5.41) is 0.913. The molecular weight excluding hydrogens is 438 g/mol. The molecule has 3 N–H and O–H groups in total. The van der Waals surface area contributed by atoms with Gasteiger partial charge in [-0.05, 0) is 25.8 Å². The number of aromatic amines is 1. The number of aromatic nitrogens is 4. The van der Waals surface area contributed by atoms with Crippen molar-refractivity contribution < 1.29 is 4.79 Å². The first-order valence-electron chi connectivity index (χ1n) is 9.61. The van der Waals surface area contributed by atoms with Gasteiger partial charge < -0.3 is 5.73 Å². The van der Waals surface area contributed by atoms with Crippen LogP contribution in [0.15, 0.2) is 32.2 Å². The van der Waals surface area contributed by atoms with Gasteiger partial charge >= 0.3 is 5.69 Å². The van der Waals surface area contributed by atoms with Gasteiger partial charge in [-0.15, -0.1) is 17.9 Å². The summed E-state index contributed by atoms with van der Waals surface area (Å²) in [6.45, 7) is 9.86. The summed E-state index contributed by atoms with van der Waals surface area (Å²) in [7, 11) is 0. The monoisotopic (exact) mass is 461 g/mol. The van der Waals surface area contributed by atoms with E-state index >= 15 is 0 Å². The van der Waals surface area contributed by atoms with E-state index in [4.69, 9.17) is 5.73 Å². The van der Waals surface area contributed by atoms with E-state index in [0.717, 1.165) is 22.2 Å². The number of fused-ring (bicyclic) bond motifs is 1. The minimum Gasteiger partial charge on any atom is -0.384 e. The van der Waals surface area contributed by atoms with Crippen LogP contribution in [0.3, 0.4) is 0 Å². The van der Waals surface area contributed by atoms with Gasteiger partial charge in [0.15, 0.2) is 10.9 Å². The summed E-state index contributed by atoms with van der Waals surface area (Å²) in [4.78, 5) is 58.4. The van der Waals surface area contributed by atoms with E-state index in [9.17, 15) is 19.2 Å². The fourth-order valence-corrected chi connectivity index (χ4v) is 5.17. The zero-order valence-corrected chi connectivity index (χ0v) is 19.1. The van der Waals surface area contributed by atoms with Crippen LogP contribution in [0.5, 0.6) is 0 Å². The number of ketones is 1. The molecule has 9 nitrogen and oxygen atoms in total.